The second-order valence-corrected chi connectivity index (χ2v) is 4.09. The topological polar surface area (TPSA) is 42.5 Å². The third kappa shape index (κ3) is 6.67. The van der Waals surface area contributed by atoms with E-state index in [0.717, 1.165) is 11.5 Å². The van der Waals surface area contributed by atoms with Crippen molar-refractivity contribution in [1.82, 2.24) is 10.6 Å². The van der Waals surface area contributed by atoms with Crippen molar-refractivity contribution in [2.24, 2.45) is 0 Å². The van der Waals surface area contributed by atoms with Gasteiger partial charge in [-0.15, -0.1) is 6.58 Å². The Morgan fingerprint density at radius 2 is 1.84 bits per heavy atom. The number of nitrogens with one attached hydrogen (secondary N) is 2. The molecule has 0 fully saturated rings. The van der Waals surface area contributed by atoms with Gasteiger partial charge in [0.25, 0.3) is 0 Å². The molecule has 0 heterocycles. The minimum absolute atomic E-state index is 0.546. The summed E-state index contributed by atoms with van der Waals surface area (Å²) in [7, 11) is 0. The first-order valence-electron chi connectivity index (χ1n) is 6.24. The largest absolute Gasteiger partial charge is 0.494 e. The van der Waals surface area contributed by atoms with Gasteiger partial charge < -0.3 is 20.1 Å². The molecule has 104 valence electrons. The molecule has 0 aliphatic heterocycles. The van der Waals surface area contributed by atoms with Gasteiger partial charge in [-0.3, -0.25) is 0 Å². The zero-order valence-electron chi connectivity index (χ0n) is 11.1. The molecule has 1 aromatic carbocycles. The van der Waals surface area contributed by atoms with E-state index in [0.29, 0.717) is 31.4 Å². The molecule has 0 aliphatic carbocycles. The number of hydrogen-bond donors (Lipinski definition) is 2. The Labute approximate surface area is 119 Å². The molecular weight excluding hydrogens is 260 g/mol. The Kier molecular flexibility index (Phi) is 7.43. The number of ether oxygens (including phenoxy) is 2. The molecule has 0 amide bonds. The van der Waals surface area contributed by atoms with E-state index >= 15 is 0 Å². The normalized spacial score (nSPS) is 9.53. The maximum atomic E-state index is 5.57. The smallest absolute Gasteiger partial charge is 0.166 e. The van der Waals surface area contributed by atoms with Crippen molar-refractivity contribution >= 4 is 17.3 Å². The lowest BCUT2D eigenvalue weighted by Gasteiger charge is -2.10. The van der Waals surface area contributed by atoms with Crippen molar-refractivity contribution in [2.75, 3.05) is 26.3 Å². The third-order valence-electron chi connectivity index (χ3n) is 2.20. The maximum absolute atomic E-state index is 5.57. The quantitative estimate of drug-likeness (QED) is 0.434. The Bertz CT molecular complexity index is 393. The standard InChI is InChI=1S/C14H20N2O2S/c1-3-9-15-14(19)16-10-11-18-13-7-5-12(6-8-13)17-4-2/h3,5-8H,1,4,9-11H2,2H3,(H2,15,16,19). The lowest BCUT2D eigenvalue weighted by Crippen LogP contribution is -2.37. The zero-order valence-corrected chi connectivity index (χ0v) is 12.0. The van der Waals surface area contributed by atoms with Gasteiger partial charge in [0.1, 0.15) is 18.1 Å². The Morgan fingerprint density at radius 1 is 1.21 bits per heavy atom. The van der Waals surface area contributed by atoms with E-state index in [1.807, 2.05) is 31.2 Å². The Hall–Kier alpha value is -1.75. The van der Waals surface area contributed by atoms with Crippen LogP contribution in [0.25, 0.3) is 0 Å². The van der Waals surface area contributed by atoms with Crippen LogP contribution < -0.4 is 20.1 Å². The SMILES string of the molecule is C=CCNC(=S)NCCOc1ccc(OCC)cc1. The first-order chi connectivity index (χ1) is 9.26. The van der Waals surface area contributed by atoms with Crippen LogP contribution in [0.3, 0.4) is 0 Å². The van der Waals surface area contributed by atoms with Gasteiger partial charge in [-0.25, -0.2) is 0 Å². The summed E-state index contributed by atoms with van der Waals surface area (Å²) < 4.78 is 10.9. The summed E-state index contributed by atoms with van der Waals surface area (Å²) in [6.07, 6.45) is 1.75. The van der Waals surface area contributed by atoms with E-state index in [-0.39, 0.29) is 0 Å². The van der Waals surface area contributed by atoms with E-state index in [9.17, 15) is 0 Å². The molecule has 0 bridgehead atoms. The van der Waals surface area contributed by atoms with Gasteiger partial charge >= 0.3 is 0 Å². The molecule has 0 saturated heterocycles. The van der Waals surface area contributed by atoms with Crippen molar-refractivity contribution in [2.45, 2.75) is 6.92 Å². The molecule has 19 heavy (non-hydrogen) atoms. The Morgan fingerprint density at radius 3 is 2.42 bits per heavy atom. The average Bonchev–Trinajstić information content (AvgIpc) is 2.43. The van der Waals surface area contributed by atoms with Gasteiger partial charge in [0.2, 0.25) is 0 Å². The fraction of sp³-hybridized carbons (Fsp3) is 0.357. The molecule has 0 spiro atoms. The summed E-state index contributed by atoms with van der Waals surface area (Å²) in [6, 6.07) is 7.56. The summed E-state index contributed by atoms with van der Waals surface area (Å²) >= 11 is 5.05. The third-order valence-corrected chi connectivity index (χ3v) is 2.49. The van der Waals surface area contributed by atoms with E-state index in [1.165, 1.54) is 0 Å². The average molecular weight is 280 g/mol. The van der Waals surface area contributed by atoms with Crippen LogP contribution in [0.5, 0.6) is 11.5 Å². The highest BCUT2D eigenvalue weighted by Gasteiger charge is 1.96. The van der Waals surface area contributed by atoms with Crippen LogP contribution in [-0.2, 0) is 0 Å². The van der Waals surface area contributed by atoms with E-state index in [4.69, 9.17) is 21.7 Å². The van der Waals surface area contributed by atoms with Gasteiger partial charge in [0.05, 0.1) is 13.2 Å². The van der Waals surface area contributed by atoms with E-state index in [1.54, 1.807) is 6.08 Å². The highest BCUT2D eigenvalue weighted by atomic mass is 32.1. The van der Waals surface area contributed by atoms with Gasteiger partial charge in [0.15, 0.2) is 5.11 Å². The summed E-state index contributed by atoms with van der Waals surface area (Å²) in [5.74, 6) is 1.66. The van der Waals surface area contributed by atoms with E-state index < -0.39 is 0 Å². The van der Waals surface area contributed by atoms with Crippen LogP contribution in [0, 0.1) is 0 Å². The van der Waals surface area contributed by atoms with Gasteiger partial charge in [-0.1, -0.05) is 6.08 Å². The van der Waals surface area contributed by atoms with Crippen LogP contribution in [0.2, 0.25) is 0 Å². The maximum Gasteiger partial charge on any atom is 0.166 e. The number of hydrogen-bond acceptors (Lipinski definition) is 3. The van der Waals surface area contributed by atoms with Crippen LogP contribution in [0.15, 0.2) is 36.9 Å². The van der Waals surface area contributed by atoms with Gasteiger partial charge in [-0.05, 0) is 43.4 Å². The van der Waals surface area contributed by atoms with Crippen molar-refractivity contribution in [3.05, 3.63) is 36.9 Å². The van der Waals surface area contributed by atoms with Gasteiger partial charge in [0, 0.05) is 6.54 Å². The van der Waals surface area contributed by atoms with Crippen LogP contribution in [0.1, 0.15) is 6.92 Å². The van der Waals surface area contributed by atoms with Crippen molar-refractivity contribution in [3.8, 4) is 11.5 Å². The second kappa shape index (κ2) is 9.22. The first-order valence-corrected chi connectivity index (χ1v) is 6.65. The lowest BCUT2D eigenvalue weighted by atomic mass is 10.3. The molecule has 4 nitrogen and oxygen atoms in total. The van der Waals surface area contributed by atoms with E-state index in [2.05, 4.69) is 17.2 Å². The van der Waals surface area contributed by atoms with Crippen molar-refractivity contribution < 1.29 is 9.47 Å². The number of rotatable bonds is 8. The Balaban J connectivity index is 2.18. The molecule has 2 N–H and O–H groups in total. The van der Waals surface area contributed by atoms with Crippen LogP contribution in [-0.4, -0.2) is 31.4 Å². The predicted molar refractivity (Wildman–Crippen MR) is 81.9 cm³/mol. The van der Waals surface area contributed by atoms with Gasteiger partial charge in [-0.2, -0.15) is 0 Å². The predicted octanol–water partition coefficient (Wildman–Crippen LogP) is 2.11. The monoisotopic (exact) mass is 280 g/mol. The molecule has 0 radical (unpaired) electrons. The summed E-state index contributed by atoms with van der Waals surface area (Å²) in [6.45, 7) is 8.08. The number of benzene rings is 1. The van der Waals surface area contributed by atoms with Crippen LogP contribution in [0.4, 0.5) is 0 Å². The minimum Gasteiger partial charge on any atom is -0.494 e. The molecule has 0 saturated carbocycles. The zero-order chi connectivity index (χ0) is 13.9. The first kappa shape index (κ1) is 15.3. The molecule has 0 aromatic heterocycles. The van der Waals surface area contributed by atoms with Crippen molar-refractivity contribution in [1.29, 1.82) is 0 Å². The molecule has 1 aromatic rings. The van der Waals surface area contributed by atoms with Crippen LogP contribution >= 0.6 is 12.2 Å². The highest BCUT2D eigenvalue weighted by Crippen LogP contribution is 2.17. The van der Waals surface area contributed by atoms with Crippen molar-refractivity contribution in [3.63, 3.8) is 0 Å². The summed E-state index contributed by atoms with van der Waals surface area (Å²) in [5, 5.41) is 6.63. The highest BCUT2D eigenvalue weighted by molar-refractivity contribution is 7.80. The summed E-state index contributed by atoms with van der Waals surface area (Å²) in [5.41, 5.74) is 0. The summed E-state index contributed by atoms with van der Waals surface area (Å²) in [4.78, 5) is 0. The molecular formula is C14H20N2O2S. The fourth-order valence-electron chi connectivity index (χ4n) is 1.36. The fourth-order valence-corrected chi connectivity index (χ4v) is 1.54. The number of thiocarbonyl (C=S) groups is 1. The molecule has 0 aliphatic rings. The minimum atomic E-state index is 0.546. The molecule has 1 rings (SSSR count). The lowest BCUT2D eigenvalue weighted by molar-refractivity contribution is 0.318. The molecule has 0 atom stereocenters. The second-order valence-electron chi connectivity index (χ2n) is 3.68. The molecule has 5 heteroatoms. The molecule has 0 unspecified atom stereocenters.